The third kappa shape index (κ3) is 3.07. The maximum absolute atomic E-state index is 12.2. The average molecular weight is 313 g/mol. The first-order valence-corrected chi connectivity index (χ1v) is 7.26. The number of carbonyl (C=O) groups is 2. The molecule has 0 atom stereocenters. The molecule has 2 aromatic heterocycles. The lowest BCUT2D eigenvalue weighted by Gasteiger charge is -1.99. The van der Waals surface area contributed by atoms with Crippen LogP contribution in [0.25, 0.3) is 10.9 Å². The highest BCUT2D eigenvalue weighted by molar-refractivity contribution is 6.31. The molecule has 0 unspecified atom stereocenters. The van der Waals surface area contributed by atoms with Gasteiger partial charge in [-0.05, 0) is 36.4 Å². The van der Waals surface area contributed by atoms with E-state index >= 15 is 0 Å². The Morgan fingerprint density at radius 3 is 2.68 bits per heavy atom. The molecule has 0 radical (unpaired) electrons. The molecule has 0 saturated carbocycles. The average Bonchev–Trinajstić information content (AvgIpc) is 2.96. The fourth-order valence-electron chi connectivity index (χ4n) is 2.29. The number of hydrogen-bond acceptors (Lipinski definition) is 3. The Bertz CT molecular complexity index is 840. The van der Waals surface area contributed by atoms with Crippen LogP contribution in [0.4, 0.5) is 0 Å². The number of rotatable bonds is 5. The molecule has 110 valence electrons. The van der Waals surface area contributed by atoms with Crippen molar-refractivity contribution in [3.63, 3.8) is 0 Å². The summed E-state index contributed by atoms with van der Waals surface area (Å²) in [6.07, 6.45) is 3.45. The second-order valence-electron chi connectivity index (χ2n) is 5.00. The number of pyridine rings is 1. The van der Waals surface area contributed by atoms with Crippen LogP contribution in [0.5, 0.6) is 0 Å². The zero-order chi connectivity index (χ0) is 15.5. The number of Topliss-reactive ketones (excluding diaryl/α,β-unsaturated/α-hetero) is 2. The lowest BCUT2D eigenvalue weighted by molar-refractivity contribution is 0.0915. The predicted octanol–water partition coefficient (Wildman–Crippen LogP) is 4.06. The van der Waals surface area contributed by atoms with E-state index in [1.54, 1.807) is 36.5 Å². The number of nitrogens with zero attached hydrogens (tertiary/aromatic N) is 1. The summed E-state index contributed by atoms with van der Waals surface area (Å²) in [6.45, 7) is 0. The summed E-state index contributed by atoms with van der Waals surface area (Å²) < 4.78 is 0. The van der Waals surface area contributed by atoms with Crippen LogP contribution in [-0.2, 0) is 0 Å². The van der Waals surface area contributed by atoms with Gasteiger partial charge in [0.15, 0.2) is 11.6 Å². The van der Waals surface area contributed by atoms with Crippen molar-refractivity contribution >= 4 is 34.1 Å². The van der Waals surface area contributed by atoms with Crippen LogP contribution < -0.4 is 0 Å². The lowest BCUT2D eigenvalue weighted by atomic mass is 10.1. The van der Waals surface area contributed by atoms with Gasteiger partial charge in [-0.15, -0.1) is 0 Å². The Hall–Kier alpha value is -2.46. The third-order valence-electron chi connectivity index (χ3n) is 3.45. The summed E-state index contributed by atoms with van der Waals surface area (Å²) in [5.74, 6) is -0.176. The molecule has 0 spiro atoms. The van der Waals surface area contributed by atoms with Crippen LogP contribution in [0.2, 0.25) is 5.02 Å². The SMILES string of the molecule is O=C(CCC(=O)c1cc2cc(Cl)ccc2[nH]1)c1cccnc1. The van der Waals surface area contributed by atoms with Crippen molar-refractivity contribution in [1.82, 2.24) is 9.97 Å². The van der Waals surface area contributed by atoms with E-state index in [-0.39, 0.29) is 24.4 Å². The van der Waals surface area contributed by atoms with Gasteiger partial charge in [0, 0.05) is 46.7 Å². The third-order valence-corrected chi connectivity index (χ3v) is 3.68. The van der Waals surface area contributed by atoms with Gasteiger partial charge in [-0.3, -0.25) is 14.6 Å². The van der Waals surface area contributed by atoms with E-state index in [0.29, 0.717) is 16.3 Å². The Kier molecular flexibility index (Phi) is 4.02. The molecule has 1 N–H and O–H groups in total. The normalized spacial score (nSPS) is 10.8. The van der Waals surface area contributed by atoms with Crippen LogP contribution in [0.15, 0.2) is 48.8 Å². The van der Waals surface area contributed by atoms with Crippen LogP contribution in [0, 0.1) is 0 Å². The Morgan fingerprint density at radius 2 is 1.91 bits per heavy atom. The maximum Gasteiger partial charge on any atom is 0.179 e. The maximum atomic E-state index is 12.2. The second-order valence-corrected chi connectivity index (χ2v) is 5.44. The van der Waals surface area contributed by atoms with E-state index in [4.69, 9.17) is 11.6 Å². The zero-order valence-electron chi connectivity index (χ0n) is 11.7. The summed E-state index contributed by atoms with van der Waals surface area (Å²) in [5.41, 5.74) is 1.88. The first-order valence-electron chi connectivity index (χ1n) is 6.88. The molecule has 0 bridgehead atoms. The van der Waals surface area contributed by atoms with Crippen molar-refractivity contribution in [2.75, 3.05) is 0 Å². The molecule has 0 saturated heterocycles. The minimum atomic E-state index is -0.0930. The molecule has 0 aliphatic rings. The number of fused-ring (bicyclic) bond motifs is 1. The first-order chi connectivity index (χ1) is 10.6. The van der Waals surface area contributed by atoms with Crippen molar-refractivity contribution in [1.29, 1.82) is 0 Å². The van der Waals surface area contributed by atoms with Crippen LogP contribution in [-0.4, -0.2) is 21.5 Å². The van der Waals surface area contributed by atoms with E-state index in [0.717, 1.165) is 10.9 Å². The van der Waals surface area contributed by atoms with Crippen LogP contribution >= 0.6 is 11.6 Å². The van der Waals surface area contributed by atoms with Gasteiger partial charge in [0.1, 0.15) is 0 Å². The summed E-state index contributed by atoms with van der Waals surface area (Å²) in [6, 6.07) is 10.6. The molecule has 0 amide bonds. The molecular weight excluding hydrogens is 300 g/mol. The summed E-state index contributed by atoms with van der Waals surface area (Å²) >= 11 is 5.93. The Morgan fingerprint density at radius 1 is 1.09 bits per heavy atom. The molecule has 2 heterocycles. The van der Waals surface area contributed by atoms with Gasteiger partial charge in [-0.25, -0.2) is 0 Å². The molecular formula is C17H13ClN2O2. The second kappa shape index (κ2) is 6.12. The van der Waals surface area contributed by atoms with Gasteiger partial charge in [-0.2, -0.15) is 0 Å². The van der Waals surface area contributed by atoms with E-state index < -0.39 is 0 Å². The highest BCUT2D eigenvalue weighted by Crippen LogP contribution is 2.21. The molecule has 5 heteroatoms. The van der Waals surface area contributed by atoms with Crippen molar-refractivity contribution in [3.8, 4) is 0 Å². The summed E-state index contributed by atoms with van der Waals surface area (Å²) in [5, 5.41) is 1.51. The molecule has 4 nitrogen and oxygen atoms in total. The van der Waals surface area contributed by atoms with Gasteiger partial charge in [0.2, 0.25) is 0 Å². The topological polar surface area (TPSA) is 62.8 Å². The Balaban J connectivity index is 1.69. The number of hydrogen-bond donors (Lipinski definition) is 1. The van der Waals surface area contributed by atoms with Gasteiger partial charge >= 0.3 is 0 Å². The number of aromatic amines is 1. The lowest BCUT2D eigenvalue weighted by Crippen LogP contribution is -2.05. The van der Waals surface area contributed by atoms with E-state index in [2.05, 4.69) is 9.97 Å². The van der Waals surface area contributed by atoms with Crippen LogP contribution in [0.3, 0.4) is 0 Å². The van der Waals surface area contributed by atoms with Gasteiger partial charge in [0.05, 0.1) is 5.69 Å². The number of carbonyl (C=O) groups excluding carboxylic acids is 2. The molecule has 0 aliphatic carbocycles. The fraction of sp³-hybridized carbons (Fsp3) is 0.118. The van der Waals surface area contributed by atoms with Gasteiger partial charge < -0.3 is 4.98 Å². The largest absolute Gasteiger partial charge is 0.352 e. The quantitative estimate of drug-likeness (QED) is 0.722. The summed E-state index contributed by atoms with van der Waals surface area (Å²) in [4.78, 5) is 31.1. The van der Waals surface area contributed by atoms with Crippen molar-refractivity contribution in [2.24, 2.45) is 0 Å². The fourth-order valence-corrected chi connectivity index (χ4v) is 2.47. The number of aromatic nitrogens is 2. The molecule has 22 heavy (non-hydrogen) atoms. The van der Waals surface area contributed by atoms with Crippen LogP contribution in [0.1, 0.15) is 33.7 Å². The van der Waals surface area contributed by atoms with Gasteiger partial charge in [0.25, 0.3) is 0 Å². The number of benzene rings is 1. The molecule has 3 rings (SSSR count). The minimum absolute atomic E-state index is 0.0828. The van der Waals surface area contributed by atoms with E-state index in [1.165, 1.54) is 6.20 Å². The minimum Gasteiger partial charge on any atom is -0.352 e. The van der Waals surface area contributed by atoms with E-state index in [9.17, 15) is 9.59 Å². The molecule has 0 aliphatic heterocycles. The van der Waals surface area contributed by atoms with Crippen molar-refractivity contribution < 1.29 is 9.59 Å². The number of ketones is 2. The first kappa shape index (κ1) is 14.5. The van der Waals surface area contributed by atoms with Crippen molar-refractivity contribution in [3.05, 3.63) is 65.1 Å². The monoisotopic (exact) mass is 312 g/mol. The zero-order valence-corrected chi connectivity index (χ0v) is 12.4. The number of H-pyrrole nitrogens is 1. The van der Waals surface area contributed by atoms with Crippen molar-refractivity contribution in [2.45, 2.75) is 12.8 Å². The number of halogens is 1. The standard InChI is InChI=1S/C17H13ClN2O2/c18-13-3-4-14-12(8-13)9-15(20-14)17(22)6-5-16(21)11-2-1-7-19-10-11/h1-4,7-10,20H,5-6H2. The summed E-state index contributed by atoms with van der Waals surface area (Å²) in [7, 11) is 0. The highest BCUT2D eigenvalue weighted by atomic mass is 35.5. The molecule has 0 fully saturated rings. The smallest absolute Gasteiger partial charge is 0.179 e. The number of nitrogens with one attached hydrogen (secondary N) is 1. The Labute approximate surface area is 132 Å². The molecule has 3 aromatic rings. The van der Waals surface area contributed by atoms with Gasteiger partial charge in [-0.1, -0.05) is 11.6 Å². The van der Waals surface area contributed by atoms with E-state index in [1.807, 2.05) is 6.07 Å². The highest BCUT2D eigenvalue weighted by Gasteiger charge is 2.13. The predicted molar refractivity (Wildman–Crippen MR) is 85.4 cm³/mol. The molecule has 1 aromatic carbocycles.